The maximum absolute atomic E-state index is 12.0. The average molecular weight is 303 g/mol. The van der Waals surface area contributed by atoms with Gasteiger partial charge in [-0.2, -0.15) is 5.10 Å². The highest BCUT2D eigenvalue weighted by atomic mass is 32.2. The molecule has 0 fully saturated rings. The second-order valence-electron chi connectivity index (χ2n) is 4.24. The summed E-state index contributed by atoms with van der Waals surface area (Å²) >= 11 is 0. The van der Waals surface area contributed by atoms with Crippen molar-refractivity contribution in [3.8, 4) is 0 Å². The summed E-state index contributed by atoms with van der Waals surface area (Å²) in [5.41, 5.74) is 6.98. The highest BCUT2D eigenvalue weighted by Gasteiger charge is 2.19. The number of carbonyl (C=O) groups is 1. The summed E-state index contributed by atoms with van der Waals surface area (Å²) in [7, 11) is -3.35. The quantitative estimate of drug-likeness (QED) is 0.625. The molecular weight excluding hydrogens is 282 g/mol. The van der Waals surface area contributed by atoms with E-state index in [-0.39, 0.29) is 18.0 Å². The van der Waals surface area contributed by atoms with Gasteiger partial charge < -0.3 is 11.1 Å². The van der Waals surface area contributed by atoms with Crippen LogP contribution in [0.25, 0.3) is 0 Å². The molecule has 20 heavy (non-hydrogen) atoms. The molecule has 0 radical (unpaired) electrons. The summed E-state index contributed by atoms with van der Waals surface area (Å²) in [5, 5.41) is 6.68. The van der Waals surface area contributed by atoms with Crippen LogP contribution in [0.5, 0.6) is 0 Å². The van der Waals surface area contributed by atoms with Crippen LogP contribution in [0.4, 0.5) is 5.69 Å². The molecule has 4 N–H and O–H groups in total. The molecule has 0 bridgehead atoms. The number of nitrogen functional groups attached to an aromatic ring is 1. The molecule has 1 amide bonds. The van der Waals surface area contributed by atoms with E-state index in [4.69, 9.17) is 5.73 Å². The first-order valence-corrected chi connectivity index (χ1v) is 8.06. The molecule has 9 heteroatoms. The number of aryl methyl sites for hydroxylation is 2. The van der Waals surface area contributed by atoms with Gasteiger partial charge in [0.1, 0.15) is 5.69 Å². The van der Waals surface area contributed by atoms with Gasteiger partial charge in [-0.3, -0.25) is 9.48 Å². The normalized spacial score (nSPS) is 11.6. The fourth-order valence-electron chi connectivity index (χ4n) is 1.74. The van der Waals surface area contributed by atoms with Gasteiger partial charge >= 0.3 is 0 Å². The maximum atomic E-state index is 12.0. The summed E-state index contributed by atoms with van der Waals surface area (Å²) in [4.78, 5) is 12.0. The van der Waals surface area contributed by atoms with Crippen LogP contribution in [0.1, 0.15) is 30.0 Å². The van der Waals surface area contributed by atoms with Crippen molar-refractivity contribution >= 4 is 21.6 Å². The Labute approximate surface area is 118 Å². The van der Waals surface area contributed by atoms with Gasteiger partial charge in [0, 0.05) is 19.6 Å². The van der Waals surface area contributed by atoms with Gasteiger partial charge in [-0.25, -0.2) is 13.1 Å². The minimum absolute atomic E-state index is 0.0154. The molecule has 0 saturated carbocycles. The zero-order valence-corrected chi connectivity index (χ0v) is 12.7. The molecule has 0 spiro atoms. The topological polar surface area (TPSA) is 119 Å². The van der Waals surface area contributed by atoms with Gasteiger partial charge in [0.05, 0.1) is 17.1 Å². The predicted molar refractivity (Wildman–Crippen MR) is 76.8 cm³/mol. The number of hydrogen-bond donors (Lipinski definition) is 3. The number of amides is 1. The first-order valence-electron chi connectivity index (χ1n) is 6.40. The molecule has 0 atom stereocenters. The van der Waals surface area contributed by atoms with Crippen LogP contribution in [0.3, 0.4) is 0 Å². The zero-order valence-electron chi connectivity index (χ0n) is 11.9. The van der Waals surface area contributed by atoms with E-state index in [0.29, 0.717) is 24.5 Å². The Morgan fingerprint density at radius 3 is 2.60 bits per heavy atom. The number of nitrogens with two attached hydrogens (primary N) is 1. The Bertz CT molecular complexity index is 579. The summed E-state index contributed by atoms with van der Waals surface area (Å²) in [5.74, 6) is -0.595. The molecule has 0 saturated heterocycles. The van der Waals surface area contributed by atoms with Crippen molar-refractivity contribution in [1.29, 1.82) is 0 Å². The van der Waals surface area contributed by atoms with E-state index in [1.165, 1.54) is 4.68 Å². The van der Waals surface area contributed by atoms with Crippen molar-refractivity contribution < 1.29 is 13.2 Å². The largest absolute Gasteiger partial charge is 0.395 e. The number of nitrogens with one attached hydrogen (secondary N) is 2. The van der Waals surface area contributed by atoms with Crippen molar-refractivity contribution in [2.24, 2.45) is 0 Å². The number of nitrogens with zero attached hydrogens (tertiary/aromatic N) is 2. The van der Waals surface area contributed by atoms with Crippen molar-refractivity contribution in [2.75, 3.05) is 24.6 Å². The van der Waals surface area contributed by atoms with Gasteiger partial charge in [0.2, 0.25) is 10.0 Å². The smallest absolute Gasteiger partial charge is 0.271 e. The standard InChI is InChI=1S/C11H21N5O3S/c1-4-14-20(18,19)7-6-13-11(17)10-9(12)8(3)15-16(10)5-2/h14H,4-7,12H2,1-3H3,(H,13,17). The third-order valence-electron chi connectivity index (χ3n) is 2.71. The fourth-order valence-corrected chi connectivity index (χ4v) is 2.69. The number of aromatic nitrogens is 2. The van der Waals surface area contributed by atoms with Gasteiger partial charge in [0.25, 0.3) is 5.91 Å². The highest BCUT2D eigenvalue weighted by Crippen LogP contribution is 2.15. The molecule has 0 aliphatic carbocycles. The molecule has 1 aromatic rings. The molecule has 0 aliphatic rings. The molecule has 1 heterocycles. The lowest BCUT2D eigenvalue weighted by molar-refractivity contribution is 0.0946. The number of rotatable bonds is 7. The number of carbonyl (C=O) groups excluding carboxylic acids is 1. The predicted octanol–water partition coefficient (Wildman–Crippen LogP) is -0.537. The first kappa shape index (κ1) is 16.4. The van der Waals surface area contributed by atoms with Crippen LogP contribution >= 0.6 is 0 Å². The summed E-state index contributed by atoms with van der Waals surface area (Å²) in [6.07, 6.45) is 0. The van der Waals surface area contributed by atoms with Crippen LogP contribution in [0.2, 0.25) is 0 Å². The van der Waals surface area contributed by atoms with Crippen LogP contribution < -0.4 is 15.8 Å². The van der Waals surface area contributed by atoms with E-state index < -0.39 is 15.9 Å². The minimum Gasteiger partial charge on any atom is -0.395 e. The van der Waals surface area contributed by atoms with Gasteiger partial charge in [-0.15, -0.1) is 0 Å². The second kappa shape index (κ2) is 6.71. The molecule has 0 aliphatic heterocycles. The third-order valence-corrected chi connectivity index (χ3v) is 4.18. The van der Waals surface area contributed by atoms with E-state index in [1.807, 2.05) is 6.92 Å². The van der Waals surface area contributed by atoms with Crippen LogP contribution in [0.15, 0.2) is 0 Å². The Morgan fingerprint density at radius 2 is 2.05 bits per heavy atom. The van der Waals surface area contributed by atoms with Crippen molar-refractivity contribution in [1.82, 2.24) is 19.8 Å². The Hall–Kier alpha value is -1.61. The van der Waals surface area contributed by atoms with Gasteiger partial charge in [-0.1, -0.05) is 6.92 Å². The van der Waals surface area contributed by atoms with Gasteiger partial charge in [0.15, 0.2) is 0 Å². The van der Waals surface area contributed by atoms with Crippen molar-refractivity contribution in [2.45, 2.75) is 27.3 Å². The first-order chi connectivity index (χ1) is 9.32. The second-order valence-corrected chi connectivity index (χ2v) is 6.16. The molecule has 0 unspecified atom stereocenters. The SMILES string of the molecule is CCNS(=O)(=O)CCNC(=O)c1c(N)c(C)nn1CC. The summed E-state index contributed by atoms with van der Waals surface area (Å²) in [6, 6.07) is 0. The lowest BCUT2D eigenvalue weighted by Gasteiger charge is -2.08. The minimum atomic E-state index is -3.35. The highest BCUT2D eigenvalue weighted by molar-refractivity contribution is 7.89. The monoisotopic (exact) mass is 303 g/mol. The molecule has 8 nitrogen and oxygen atoms in total. The Morgan fingerprint density at radius 1 is 1.40 bits per heavy atom. The zero-order chi connectivity index (χ0) is 15.3. The van der Waals surface area contributed by atoms with Crippen molar-refractivity contribution in [3.63, 3.8) is 0 Å². The Balaban J connectivity index is 2.69. The number of hydrogen-bond acceptors (Lipinski definition) is 5. The summed E-state index contributed by atoms with van der Waals surface area (Å²) < 4.78 is 26.7. The van der Waals surface area contributed by atoms with Crippen LogP contribution in [-0.2, 0) is 16.6 Å². The van der Waals surface area contributed by atoms with Gasteiger partial charge in [-0.05, 0) is 13.8 Å². The fraction of sp³-hybridized carbons (Fsp3) is 0.636. The van der Waals surface area contributed by atoms with E-state index >= 15 is 0 Å². The Kier molecular flexibility index (Phi) is 5.52. The van der Waals surface area contributed by atoms with E-state index in [0.717, 1.165) is 0 Å². The molecule has 1 aromatic heterocycles. The molecule has 1 rings (SSSR count). The lowest BCUT2D eigenvalue weighted by Crippen LogP contribution is -2.35. The molecular formula is C11H21N5O3S. The van der Waals surface area contributed by atoms with Crippen molar-refractivity contribution in [3.05, 3.63) is 11.4 Å². The lowest BCUT2D eigenvalue weighted by atomic mass is 10.3. The van der Waals surface area contributed by atoms with Crippen LogP contribution in [-0.4, -0.2) is 42.9 Å². The molecule has 114 valence electrons. The number of anilines is 1. The molecule has 0 aromatic carbocycles. The number of sulfonamides is 1. The van der Waals surface area contributed by atoms with E-state index in [2.05, 4.69) is 15.1 Å². The van der Waals surface area contributed by atoms with E-state index in [1.54, 1.807) is 13.8 Å². The maximum Gasteiger partial charge on any atom is 0.271 e. The van der Waals surface area contributed by atoms with Crippen LogP contribution in [0, 0.1) is 6.92 Å². The third kappa shape index (κ3) is 3.94. The average Bonchev–Trinajstić information content (AvgIpc) is 2.64. The summed E-state index contributed by atoms with van der Waals surface area (Å²) in [6.45, 7) is 6.11. The van der Waals surface area contributed by atoms with E-state index in [9.17, 15) is 13.2 Å².